The largest absolute Gasteiger partial charge is 0.312 e. The Hall–Kier alpha value is -2.42. The van der Waals surface area contributed by atoms with Gasteiger partial charge < -0.3 is 5.32 Å². The van der Waals surface area contributed by atoms with Gasteiger partial charge in [0.1, 0.15) is 11.1 Å². The number of thiophene rings is 2. The van der Waals surface area contributed by atoms with Crippen LogP contribution in [0, 0.1) is 32.1 Å². The quantitative estimate of drug-likeness (QED) is 0.674. The minimum Gasteiger partial charge on any atom is -0.312 e. The van der Waals surface area contributed by atoms with Crippen LogP contribution in [0.4, 0.5) is 5.00 Å². The molecule has 3 rings (SSSR count). The first kappa shape index (κ1) is 16.4. The maximum absolute atomic E-state index is 12.8. The lowest BCUT2D eigenvalue weighted by Gasteiger charge is -2.07. The zero-order chi connectivity index (χ0) is 17.3. The first-order valence-corrected chi connectivity index (χ1v) is 9.17. The molecule has 0 bridgehead atoms. The van der Waals surface area contributed by atoms with Gasteiger partial charge in [0, 0.05) is 20.7 Å². The van der Waals surface area contributed by atoms with Crippen LogP contribution in [0.3, 0.4) is 0 Å². The molecule has 0 saturated heterocycles. The molecule has 3 nitrogen and oxygen atoms in total. The summed E-state index contributed by atoms with van der Waals surface area (Å²) in [7, 11) is 0. The van der Waals surface area contributed by atoms with Gasteiger partial charge in [-0.15, -0.1) is 22.7 Å². The van der Waals surface area contributed by atoms with E-state index in [0.29, 0.717) is 16.1 Å². The summed E-state index contributed by atoms with van der Waals surface area (Å²) in [6.45, 7) is 5.88. The second-order valence-corrected chi connectivity index (χ2v) is 7.81. The molecule has 24 heavy (non-hydrogen) atoms. The summed E-state index contributed by atoms with van der Waals surface area (Å²) in [6.07, 6.45) is 0. The smallest absolute Gasteiger partial charge is 0.257 e. The lowest BCUT2D eigenvalue weighted by atomic mass is 10.0. The van der Waals surface area contributed by atoms with Crippen LogP contribution in [-0.4, -0.2) is 5.91 Å². The van der Waals surface area contributed by atoms with Gasteiger partial charge >= 0.3 is 0 Å². The third-order valence-corrected chi connectivity index (χ3v) is 6.04. The summed E-state index contributed by atoms with van der Waals surface area (Å²) in [6, 6.07) is 12.1. The van der Waals surface area contributed by atoms with Crippen molar-refractivity contribution < 1.29 is 4.79 Å². The minimum absolute atomic E-state index is 0.170. The van der Waals surface area contributed by atoms with Crippen molar-refractivity contribution in [1.82, 2.24) is 0 Å². The highest BCUT2D eigenvalue weighted by molar-refractivity contribution is 7.16. The molecule has 120 valence electrons. The highest BCUT2D eigenvalue weighted by Crippen LogP contribution is 2.35. The fraction of sp³-hybridized carbons (Fsp3) is 0.158. The Balaban J connectivity index is 1.99. The average molecular weight is 352 g/mol. The molecule has 0 aliphatic carbocycles. The highest BCUT2D eigenvalue weighted by Gasteiger charge is 2.20. The molecular weight excluding hydrogens is 336 g/mol. The summed E-state index contributed by atoms with van der Waals surface area (Å²) in [5, 5.41) is 14.8. The van der Waals surface area contributed by atoms with Crippen LogP contribution in [0.1, 0.15) is 31.2 Å². The fourth-order valence-corrected chi connectivity index (χ4v) is 4.48. The molecule has 2 aromatic heterocycles. The van der Waals surface area contributed by atoms with Crippen LogP contribution in [0.25, 0.3) is 11.1 Å². The Bertz CT molecular complexity index is 946. The van der Waals surface area contributed by atoms with E-state index in [9.17, 15) is 10.1 Å². The average Bonchev–Trinajstić information content (AvgIpc) is 3.09. The van der Waals surface area contributed by atoms with Crippen molar-refractivity contribution in [3.63, 3.8) is 0 Å². The lowest BCUT2D eigenvalue weighted by molar-refractivity contribution is 0.102. The molecule has 3 aromatic rings. The Morgan fingerprint density at radius 3 is 2.50 bits per heavy atom. The zero-order valence-corrected chi connectivity index (χ0v) is 15.3. The van der Waals surface area contributed by atoms with E-state index in [2.05, 4.69) is 11.4 Å². The number of hydrogen-bond donors (Lipinski definition) is 1. The van der Waals surface area contributed by atoms with Gasteiger partial charge in [0.2, 0.25) is 0 Å². The first-order chi connectivity index (χ1) is 11.5. The molecule has 1 aromatic carbocycles. The maximum Gasteiger partial charge on any atom is 0.257 e. The standard InChI is InChI=1S/C19H16N2OS2/c1-11-12(2)24-19(15(11)9-20)21-18(22)16-10-23-13(3)17(16)14-7-5-4-6-8-14/h4-8,10H,1-3H3,(H,21,22). The summed E-state index contributed by atoms with van der Waals surface area (Å²) in [5.74, 6) is -0.170. The molecule has 0 aliphatic heterocycles. The van der Waals surface area contributed by atoms with Gasteiger partial charge in [-0.3, -0.25) is 4.79 Å². The maximum atomic E-state index is 12.8. The Labute approximate surface area is 149 Å². The summed E-state index contributed by atoms with van der Waals surface area (Å²) < 4.78 is 0. The van der Waals surface area contributed by atoms with Gasteiger partial charge in [0.15, 0.2) is 0 Å². The molecule has 0 spiro atoms. The SMILES string of the molecule is Cc1sc(NC(=O)c2csc(C)c2-c2ccccc2)c(C#N)c1C. The van der Waals surface area contributed by atoms with E-state index in [1.807, 2.05) is 56.5 Å². The molecule has 0 unspecified atom stereocenters. The number of amides is 1. The highest BCUT2D eigenvalue weighted by atomic mass is 32.1. The number of nitrogens with zero attached hydrogens (tertiary/aromatic N) is 1. The molecular formula is C19H16N2OS2. The summed E-state index contributed by atoms with van der Waals surface area (Å²) in [5.41, 5.74) is 4.12. The molecule has 5 heteroatoms. The number of benzene rings is 1. The molecule has 0 radical (unpaired) electrons. The van der Waals surface area contributed by atoms with Crippen molar-refractivity contribution in [3.05, 3.63) is 62.2 Å². The number of carbonyl (C=O) groups excluding carboxylic acids is 1. The van der Waals surface area contributed by atoms with E-state index in [1.54, 1.807) is 11.3 Å². The first-order valence-electron chi connectivity index (χ1n) is 7.48. The van der Waals surface area contributed by atoms with Gasteiger partial charge in [0.05, 0.1) is 11.1 Å². The molecule has 0 saturated carbocycles. The Morgan fingerprint density at radius 2 is 1.83 bits per heavy atom. The number of nitriles is 1. The summed E-state index contributed by atoms with van der Waals surface area (Å²) in [4.78, 5) is 15.0. The third kappa shape index (κ3) is 2.86. The zero-order valence-electron chi connectivity index (χ0n) is 13.6. The molecule has 0 fully saturated rings. The number of rotatable bonds is 3. The molecule has 2 heterocycles. The number of nitrogens with one attached hydrogen (secondary N) is 1. The lowest BCUT2D eigenvalue weighted by Crippen LogP contribution is -2.12. The third-order valence-electron chi connectivity index (χ3n) is 4.01. The van der Waals surface area contributed by atoms with E-state index < -0.39 is 0 Å². The number of anilines is 1. The van der Waals surface area contributed by atoms with Crippen LogP contribution >= 0.6 is 22.7 Å². The van der Waals surface area contributed by atoms with Crippen LogP contribution in [0.2, 0.25) is 0 Å². The van der Waals surface area contributed by atoms with Gasteiger partial charge in [0.25, 0.3) is 5.91 Å². The van der Waals surface area contributed by atoms with Crippen molar-refractivity contribution in [2.45, 2.75) is 20.8 Å². The van der Waals surface area contributed by atoms with Crippen LogP contribution in [-0.2, 0) is 0 Å². The van der Waals surface area contributed by atoms with Crippen LogP contribution < -0.4 is 5.32 Å². The Kier molecular flexibility index (Phi) is 4.52. The van der Waals surface area contributed by atoms with E-state index in [-0.39, 0.29) is 5.91 Å². The molecule has 1 N–H and O–H groups in total. The van der Waals surface area contributed by atoms with Crippen molar-refractivity contribution >= 4 is 33.6 Å². The second-order valence-electron chi connectivity index (χ2n) is 5.50. The monoisotopic (exact) mass is 352 g/mol. The van der Waals surface area contributed by atoms with Crippen LogP contribution in [0.5, 0.6) is 0 Å². The van der Waals surface area contributed by atoms with Gasteiger partial charge in [-0.05, 0) is 31.9 Å². The molecule has 0 atom stereocenters. The van der Waals surface area contributed by atoms with Crippen molar-refractivity contribution in [2.24, 2.45) is 0 Å². The van der Waals surface area contributed by atoms with E-state index in [4.69, 9.17) is 0 Å². The topological polar surface area (TPSA) is 52.9 Å². The van der Waals surface area contributed by atoms with E-state index >= 15 is 0 Å². The number of carbonyl (C=O) groups is 1. The number of aryl methyl sites for hydroxylation is 2. The fourth-order valence-electron chi connectivity index (χ4n) is 2.61. The predicted octanol–water partition coefficient (Wildman–Crippen LogP) is 5.53. The second kappa shape index (κ2) is 6.60. The normalized spacial score (nSPS) is 10.4. The van der Waals surface area contributed by atoms with Crippen molar-refractivity contribution in [2.75, 3.05) is 5.32 Å². The van der Waals surface area contributed by atoms with Crippen molar-refractivity contribution in [1.29, 1.82) is 5.26 Å². The number of hydrogen-bond acceptors (Lipinski definition) is 4. The van der Waals surface area contributed by atoms with Gasteiger partial charge in [-0.25, -0.2) is 0 Å². The van der Waals surface area contributed by atoms with E-state index in [1.165, 1.54) is 11.3 Å². The predicted molar refractivity (Wildman–Crippen MR) is 101 cm³/mol. The molecule has 0 aliphatic rings. The van der Waals surface area contributed by atoms with Gasteiger partial charge in [-0.2, -0.15) is 5.26 Å². The van der Waals surface area contributed by atoms with Crippen LogP contribution in [0.15, 0.2) is 35.7 Å². The summed E-state index contributed by atoms with van der Waals surface area (Å²) >= 11 is 3.01. The minimum atomic E-state index is -0.170. The van der Waals surface area contributed by atoms with Crippen molar-refractivity contribution in [3.8, 4) is 17.2 Å². The Morgan fingerprint density at radius 1 is 1.12 bits per heavy atom. The van der Waals surface area contributed by atoms with Gasteiger partial charge in [-0.1, -0.05) is 30.3 Å². The van der Waals surface area contributed by atoms with E-state index in [0.717, 1.165) is 26.4 Å². The molecule has 1 amide bonds.